The van der Waals surface area contributed by atoms with Crippen LogP contribution in [0, 0.1) is 0 Å². The van der Waals surface area contributed by atoms with Crippen LogP contribution in [0.5, 0.6) is 11.5 Å². The summed E-state index contributed by atoms with van der Waals surface area (Å²) in [6.07, 6.45) is 0. The molecule has 0 aliphatic carbocycles. The summed E-state index contributed by atoms with van der Waals surface area (Å²) in [5, 5.41) is 13.9. The standard InChI is InChI=1S/C28H26N2O6/c1-4-36-23-14-10-19(11-15-23)26(32)24-25(18-8-12-22(35-3)13-9-18)30(28(34)27(24)33)21-7-5-6-20(16-21)29-17(2)31/h5-16,25,32H,4H2,1-3H3,(H,29,31)/b26-24+. The third-order valence-corrected chi connectivity index (χ3v) is 5.76. The summed E-state index contributed by atoms with van der Waals surface area (Å²) in [6.45, 7) is 3.74. The number of ether oxygens (including phenoxy) is 2. The van der Waals surface area contributed by atoms with Gasteiger partial charge < -0.3 is 19.9 Å². The number of nitrogens with one attached hydrogen (secondary N) is 1. The van der Waals surface area contributed by atoms with Crippen molar-refractivity contribution < 1.29 is 29.0 Å². The van der Waals surface area contributed by atoms with Crippen molar-refractivity contribution >= 4 is 34.7 Å². The lowest BCUT2D eigenvalue weighted by atomic mass is 9.95. The molecule has 0 saturated carbocycles. The van der Waals surface area contributed by atoms with Crippen LogP contribution in [0.1, 0.15) is 31.0 Å². The van der Waals surface area contributed by atoms with Crippen molar-refractivity contribution in [3.05, 3.63) is 89.5 Å². The van der Waals surface area contributed by atoms with Gasteiger partial charge in [0.25, 0.3) is 11.7 Å². The van der Waals surface area contributed by atoms with Crippen molar-refractivity contribution in [3.8, 4) is 11.5 Å². The molecule has 2 N–H and O–H groups in total. The van der Waals surface area contributed by atoms with E-state index in [-0.39, 0.29) is 17.2 Å². The third kappa shape index (κ3) is 4.79. The molecule has 8 nitrogen and oxygen atoms in total. The summed E-state index contributed by atoms with van der Waals surface area (Å²) in [4.78, 5) is 39.5. The Kier molecular flexibility index (Phi) is 7.05. The van der Waals surface area contributed by atoms with Crippen LogP contribution in [-0.4, -0.2) is 36.4 Å². The molecule has 1 heterocycles. The Bertz CT molecular complexity index is 1330. The zero-order valence-electron chi connectivity index (χ0n) is 20.1. The van der Waals surface area contributed by atoms with E-state index in [4.69, 9.17) is 9.47 Å². The normalized spacial score (nSPS) is 16.6. The fraction of sp³-hybridized carbons (Fsp3) is 0.179. The topological polar surface area (TPSA) is 105 Å². The molecule has 0 bridgehead atoms. The third-order valence-electron chi connectivity index (χ3n) is 5.76. The van der Waals surface area contributed by atoms with Gasteiger partial charge in [0.1, 0.15) is 17.3 Å². The number of hydrogen-bond acceptors (Lipinski definition) is 6. The summed E-state index contributed by atoms with van der Waals surface area (Å²) in [5.41, 5.74) is 1.81. The number of benzene rings is 3. The lowest BCUT2D eigenvalue weighted by Crippen LogP contribution is -2.29. The number of aliphatic hydroxyl groups excluding tert-OH is 1. The van der Waals surface area contributed by atoms with Crippen LogP contribution in [0.2, 0.25) is 0 Å². The summed E-state index contributed by atoms with van der Waals surface area (Å²) in [6, 6.07) is 19.3. The molecule has 3 aromatic rings. The van der Waals surface area contributed by atoms with Crippen molar-refractivity contribution in [2.75, 3.05) is 23.9 Å². The number of nitrogens with zero attached hydrogens (tertiary/aromatic N) is 1. The predicted octanol–water partition coefficient (Wildman–Crippen LogP) is 4.68. The number of rotatable bonds is 7. The first-order valence-electron chi connectivity index (χ1n) is 11.4. The highest BCUT2D eigenvalue weighted by molar-refractivity contribution is 6.51. The average Bonchev–Trinajstić information content (AvgIpc) is 3.14. The Hall–Kier alpha value is -4.59. The van der Waals surface area contributed by atoms with Gasteiger partial charge in [-0.1, -0.05) is 18.2 Å². The molecule has 0 radical (unpaired) electrons. The molecule has 0 spiro atoms. The zero-order chi connectivity index (χ0) is 25.8. The second kappa shape index (κ2) is 10.4. The van der Waals surface area contributed by atoms with Gasteiger partial charge in [-0.15, -0.1) is 0 Å². The number of ketones is 1. The molecule has 8 heteroatoms. The van der Waals surface area contributed by atoms with Crippen LogP contribution >= 0.6 is 0 Å². The first-order chi connectivity index (χ1) is 17.3. The minimum Gasteiger partial charge on any atom is -0.507 e. The number of anilines is 2. The van der Waals surface area contributed by atoms with E-state index in [9.17, 15) is 19.5 Å². The van der Waals surface area contributed by atoms with E-state index >= 15 is 0 Å². The fourth-order valence-electron chi connectivity index (χ4n) is 4.17. The maximum absolute atomic E-state index is 13.3. The maximum atomic E-state index is 13.3. The maximum Gasteiger partial charge on any atom is 0.300 e. The van der Waals surface area contributed by atoms with Gasteiger partial charge in [0, 0.05) is 23.9 Å². The van der Waals surface area contributed by atoms with Gasteiger partial charge >= 0.3 is 0 Å². The minimum absolute atomic E-state index is 0.0424. The Morgan fingerprint density at radius 2 is 1.67 bits per heavy atom. The highest BCUT2D eigenvalue weighted by Gasteiger charge is 2.47. The first kappa shape index (κ1) is 24.5. The number of methoxy groups -OCH3 is 1. The second-order valence-corrected chi connectivity index (χ2v) is 8.13. The van der Waals surface area contributed by atoms with E-state index < -0.39 is 17.7 Å². The second-order valence-electron chi connectivity index (χ2n) is 8.13. The molecule has 184 valence electrons. The van der Waals surface area contributed by atoms with E-state index in [1.807, 2.05) is 6.92 Å². The molecule has 1 atom stereocenters. The van der Waals surface area contributed by atoms with Gasteiger partial charge in [-0.2, -0.15) is 0 Å². The Labute approximate surface area is 208 Å². The van der Waals surface area contributed by atoms with E-state index in [0.717, 1.165) is 0 Å². The molecule has 1 aliphatic rings. The monoisotopic (exact) mass is 486 g/mol. The molecule has 1 unspecified atom stereocenters. The van der Waals surface area contributed by atoms with Gasteiger partial charge in [-0.25, -0.2) is 0 Å². The van der Waals surface area contributed by atoms with Crippen molar-refractivity contribution in [2.45, 2.75) is 19.9 Å². The predicted molar refractivity (Wildman–Crippen MR) is 136 cm³/mol. The minimum atomic E-state index is -0.907. The summed E-state index contributed by atoms with van der Waals surface area (Å²) >= 11 is 0. The lowest BCUT2D eigenvalue weighted by Gasteiger charge is -2.26. The molecule has 1 aliphatic heterocycles. The molecular weight excluding hydrogens is 460 g/mol. The van der Waals surface area contributed by atoms with E-state index in [1.54, 1.807) is 79.9 Å². The van der Waals surface area contributed by atoms with Gasteiger partial charge in [0.2, 0.25) is 5.91 Å². The van der Waals surface area contributed by atoms with Crippen LogP contribution in [-0.2, 0) is 14.4 Å². The molecular formula is C28H26N2O6. The Morgan fingerprint density at radius 1 is 1.00 bits per heavy atom. The molecule has 4 rings (SSSR count). The van der Waals surface area contributed by atoms with Crippen LogP contribution < -0.4 is 19.7 Å². The van der Waals surface area contributed by atoms with Crippen molar-refractivity contribution in [1.82, 2.24) is 0 Å². The number of carbonyl (C=O) groups excluding carboxylic acids is 3. The van der Waals surface area contributed by atoms with Crippen molar-refractivity contribution in [1.29, 1.82) is 0 Å². The largest absolute Gasteiger partial charge is 0.507 e. The number of aliphatic hydroxyl groups is 1. The molecule has 2 amide bonds. The zero-order valence-corrected chi connectivity index (χ0v) is 20.1. The lowest BCUT2D eigenvalue weighted by molar-refractivity contribution is -0.132. The quantitative estimate of drug-likeness (QED) is 0.285. The number of Topliss-reactive ketones (excluding diaryl/α,β-unsaturated/α-hetero) is 1. The average molecular weight is 487 g/mol. The Morgan fingerprint density at radius 3 is 2.28 bits per heavy atom. The highest BCUT2D eigenvalue weighted by atomic mass is 16.5. The van der Waals surface area contributed by atoms with E-state index in [2.05, 4.69) is 5.32 Å². The van der Waals surface area contributed by atoms with Crippen molar-refractivity contribution in [2.24, 2.45) is 0 Å². The van der Waals surface area contributed by atoms with Gasteiger partial charge in [0.15, 0.2) is 0 Å². The van der Waals surface area contributed by atoms with Crippen LogP contribution in [0.4, 0.5) is 11.4 Å². The SMILES string of the molecule is CCOc1ccc(/C(O)=C2\C(=O)C(=O)N(c3cccc(NC(C)=O)c3)C2c2ccc(OC)cc2)cc1. The molecule has 36 heavy (non-hydrogen) atoms. The van der Waals surface area contributed by atoms with Gasteiger partial charge in [-0.3, -0.25) is 19.3 Å². The fourth-order valence-corrected chi connectivity index (χ4v) is 4.17. The van der Waals surface area contributed by atoms with Crippen molar-refractivity contribution in [3.63, 3.8) is 0 Å². The summed E-state index contributed by atoms with van der Waals surface area (Å²) < 4.78 is 10.7. The first-order valence-corrected chi connectivity index (χ1v) is 11.4. The van der Waals surface area contributed by atoms with E-state index in [1.165, 1.54) is 11.8 Å². The molecule has 1 fully saturated rings. The van der Waals surface area contributed by atoms with Crippen LogP contribution in [0.3, 0.4) is 0 Å². The van der Waals surface area contributed by atoms with Crippen LogP contribution in [0.25, 0.3) is 5.76 Å². The number of carbonyl (C=O) groups is 3. The number of hydrogen-bond donors (Lipinski definition) is 2. The highest BCUT2D eigenvalue weighted by Crippen LogP contribution is 2.43. The van der Waals surface area contributed by atoms with Gasteiger partial charge in [-0.05, 0) is 67.1 Å². The molecule has 0 aromatic heterocycles. The van der Waals surface area contributed by atoms with E-state index in [0.29, 0.717) is 40.6 Å². The smallest absolute Gasteiger partial charge is 0.300 e. The Balaban J connectivity index is 1.87. The summed E-state index contributed by atoms with van der Waals surface area (Å²) in [5.74, 6) is -0.935. The summed E-state index contributed by atoms with van der Waals surface area (Å²) in [7, 11) is 1.54. The number of amides is 2. The molecule has 1 saturated heterocycles. The van der Waals surface area contributed by atoms with Crippen LogP contribution in [0.15, 0.2) is 78.4 Å². The molecule has 3 aromatic carbocycles. The van der Waals surface area contributed by atoms with Gasteiger partial charge in [0.05, 0.1) is 25.3 Å².